The molecule has 2 aliphatic rings. The largest absolute Gasteiger partial charge is 0.349 e. The minimum atomic E-state index is -0.876. The molecule has 1 fully saturated rings. The highest BCUT2D eigenvalue weighted by molar-refractivity contribution is 6.52. The van der Waals surface area contributed by atoms with E-state index in [0.717, 1.165) is 30.7 Å². The Balaban J connectivity index is 1.79. The van der Waals surface area contributed by atoms with E-state index in [1.807, 2.05) is 0 Å². The third-order valence-corrected chi connectivity index (χ3v) is 4.72. The molecule has 1 atom stereocenters. The van der Waals surface area contributed by atoms with Crippen LogP contribution < -0.4 is 21.5 Å². The Morgan fingerprint density at radius 3 is 2.54 bits per heavy atom. The average molecular weight is 358 g/mol. The Kier molecular flexibility index (Phi) is 5.03. The molecule has 0 radical (unpaired) electrons. The Bertz CT molecular complexity index is 768. The fourth-order valence-corrected chi connectivity index (χ4v) is 3.22. The molecule has 8 heteroatoms. The van der Waals surface area contributed by atoms with Gasteiger partial charge in [0.2, 0.25) is 0 Å². The van der Waals surface area contributed by atoms with Crippen LogP contribution in [0.5, 0.6) is 0 Å². The van der Waals surface area contributed by atoms with Crippen LogP contribution in [0.3, 0.4) is 0 Å². The molecule has 1 saturated carbocycles. The summed E-state index contributed by atoms with van der Waals surface area (Å²) in [4.78, 5) is 48.6. The van der Waals surface area contributed by atoms with E-state index in [2.05, 4.69) is 10.7 Å². The number of hydrazine groups is 1. The summed E-state index contributed by atoms with van der Waals surface area (Å²) >= 11 is 0. The third kappa shape index (κ3) is 3.45. The second kappa shape index (κ2) is 7.25. The van der Waals surface area contributed by atoms with Gasteiger partial charge in [-0.3, -0.25) is 24.6 Å². The number of nitrogens with two attached hydrogens (primary N) is 1. The van der Waals surface area contributed by atoms with E-state index in [1.165, 1.54) is 31.5 Å². The molecular weight excluding hydrogens is 336 g/mol. The zero-order valence-electron chi connectivity index (χ0n) is 14.6. The molecule has 138 valence electrons. The van der Waals surface area contributed by atoms with Crippen LogP contribution in [0, 0.1) is 0 Å². The molecule has 3 rings (SSSR count). The van der Waals surface area contributed by atoms with Crippen molar-refractivity contribution in [3.05, 3.63) is 29.3 Å². The van der Waals surface area contributed by atoms with E-state index in [1.54, 1.807) is 0 Å². The molecule has 4 N–H and O–H groups in total. The lowest BCUT2D eigenvalue weighted by Gasteiger charge is -2.23. The first-order chi connectivity index (χ1) is 12.4. The molecule has 26 heavy (non-hydrogen) atoms. The van der Waals surface area contributed by atoms with Gasteiger partial charge in [-0.25, -0.2) is 5.01 Å². The van der Waals surface area contributed by atoms with Gasteiger partial charge >= 0.3 is 5.91 Å². The van der Waals surface area contributed by atoms with E-state index < -0.39 is 23.6 Å². The molecule has 3 amide bonds. The Morgan fingerprint density at radius 1 is 1.19 bits per heavy atom. The number of carbonyl (C=O) groups excluding carboxylic acids is 4. The van der Waals surface area contributed by atoms with Crippen molar-refractivity contribution in [3.8, 4) is 0 Å². The number of anilines is 1. The van der Waals surface area contributed by atoms with Gasteiger partial charge in [-0.15, -0.1) is 0 Å². The minimum absolute atomic E-state index is 0.0938. The van der Waals surface area contributed by atoms with Gasteiger partial charge in [-0.05, 0) is 38.0 Å². The first-order valence-electron chi connectivity index (χ1n) is 8.78. The lowest BCUT2D eigenvalue weighted by molar-refractivity contribution is -0.125. The quantitative estimate of drug-likeness (QED) is 0.683. The molecule has 0 bridgehead atoms. The minimum Gasteiger partial charge on any atom is -0.349 e. The van der Waals surface area contributed by atoms with Crippen LogP contribution in [0.4, 0.5) is 5.69 Å². The van der Waals surface area contributed by atoms with Crippen LogP contribution in [0.25, 0.3) is 0 Å². The Labute approximate surface area is 151 Å². The van der Waals surface area contributed by atoms with Gasteiger partial charge < -0.3 is 11.1 Å². The summed E-state index contributed by atoms with van der Waals surface area (Å²) in [5.41, 5.74) is 8.45. The van der Waals surface area contributed by atoms with Gasteiger partial charge in [0.05, 0.1) is 17.3 Å². The number of hydrogen-bond donors (Lipinski definition) is 3. The zero-order chi connectivity index (χ0) is 18.8. The molecule has 1 unspecified atom stereocenters. The second-order valence-electron chi connectivity index (χ2n) is 6.77. The second-order valence-corrected chi connectivity index (χ2v) is 6.77. The number of nitrogens with one attached hydrogen (secondary N) is 2. The van der Waals surface area contributed by atoms with Crippen LogP contribution >= 0.6 is 0 Å². The van der Waals surface area contributed by atoms with Gasteiger partial charge in [0.15, 0.2) is 0 Å². The maximum atomic E-state index is 12.4. The summed E-state index contributed by atoms with van der Waals surface area (Å²) in [7, 11) is 0. The highest BCUT2D eigenvalue weighted by Gasteiger charge is 2.38. The summed E-state index contributed by atoms with van der Waals surface area (Å²) in [6.07, 6.45) is 5.27. The highest BCUT2D eigenvalue weighted by Crippen LogP contribution is 2.28. The van der Waals surface area contributed by atoms with E-state index in [4.69, 9.17) is 5.73 Å². The number of hydrogen-bond acceptors (Lipinski definition) is 5. The number of ketones is 1. The highest BCUT2D eigenvalue weighted by atomic mass is 16.2. The molecule has 1 aliphatic carbocycles. The van der Waals surface area contributed by atoms with Crippen LogP contribution in [0.15, 0.2) is 18.2 Å². The zero-order valence-corrected chi connectivity index (χ0v) is 14.6. The average Bonchev–Trinajstić information content (AvgIpc) is 2.87. The molecule has 8 nitrogen and oxygen atoms in total. The third-order valence-electron chi connectivity index (χ3n) is 4.72. The molecule has 1 aromatic carbocycles. The summed E-state index contributed by atoms with van der Waals surface area (Å²) in [6.45, 7) is 1.47. The maximum Gasteiger partial charge on any atom is 0.318 e. The van der Waals surface area contributed by atoms with Gasteiger partial charge in [0.1, 0.15) is 0 Å². The first kappa shape index (κ1) is 18.1. The van der Waals surface area contributed by atoms with Crippen molar-refractivity contribution in [2.45, 2.75) is 51.1 Å². The standard InChI is InChI=1S/C18H22N4O4/c1-10(19)16(24)21-22-14-8-7-11(9-13(14)15(23)18(22)26)17(25)20-12-5-3-2-4-6-12/h7-10,12H,2-6,19H2,1H3,(H,20,25)(H,21,24). The number of amides is 3. The summed E-state index contributed by atoms with van der Waals surface area (Å²) < 4.78 is 0. The lowest BCUT2D eigenvalue weighted by Crippen LogP contribution is -2.50. The van der Waals surface area contributed by atoms with Crippen LogP contribution in [0.1, 0.15) is 59.7 Å². The normalized spacial score (nSPS) is 18.5. The molecule has 1 aliphatic heterocycles. The number of nitrogens with zero attached hydrogens (tertiary/aromatic N) is 1. The number of rotatable bonds is 4. The number of Topliss-reactive ketones (excluding diaryl/α,β-unsaturated/α-hetero) is 1. The summed E-state index contributed by atoms with van der Waals surface area (Å²) in [5, 5.41) is 3.86. The predicted molar refractivity (Wildman–Crippen MR) is 94.4 cm³/mol. The van der Waals surface area contributed by atoms with Gasteiger partial charge in [0.25, 0.3) is 17.6 Å². The van der Waals surface area contributed by atoms with E-state index in [-0.39, 0.29) is 23.2 Å². The van der Waals surface area contributed by atoms with Crippen molar-refractivity contribution in [2.75, 3.05) is 5.01 Å². The predicted octanol–water partition coefficient (Wildman–Crippen LogP) is 0.657. The molecule has 0 saturated heterocycles. The summed E-state index contributed by atoms with van der Waals surface area (Å²) in [5.74, 6) is -2.49. The number of fused-ring (bicyclic) bond motifs is 1. The van der Waals surface area contributed by atoms with Crippen molar-refractivity contribution in [3.63, 3.8) is 0 Å². The fourth-order valence-electron chi connectivity index (χ4n) is 3.22. The van der Waals surface area contributed by atoms with Crippen LogP contribution in [-0.4, -0.2) is 35.6 Å². The molecule has 1 heterocycles. The Hall–Kier alpha value is -2.74. The monoisotopic (exact) mass is 358 g/mol. The smallest absolute Gasteiger partial charge is 0.318 e. The number of benzene rings is 1. The molecule has 1 aromatic rings. The number of carbonyl (C=O) groups is 4. The van der Waals surface area contributed by atoms with E-state index in [9.17, 15) is 19.2 Å². The van der Waals surface area contributed by atoms with Crippen molar-refractivity contribution in [1.29, 1.82) is 0 Å². The van der Waals surface area contributed by atoms with Crippen LogP contribution in [0.2, 0.25) is 0 Å². The first-order valence-corrected chi connectivity index (χ1v) is 8.78. The molecule has 0 aromatic heterocycles. The van der Waals surface area contributed by atoms with Crippen molar-refractivity contribution < 1.29 is 19.2 Å². The topological polar surface area (TPSA) is 122 Å². The van der Waals surface area contributed by atoms with Gasteiger partial charge in [-0.2, -0.15) is 0 Å². The maximum absolute atomic E-state index is 12.4. The SMILES string of the molecule is CC(N)C(=O)NN1C(=O)C(=O)c2cc(C(=O)NC3CCCCC3)ccc21. The molecular formula is C18H22N4O4. The van der Waals surface area contributed by atoms with Crippen molar-refractivity contribution in [2.24, 2.45) is 5.73 Å². The Morgan fingerprint density at radius 2 is 1.88 bits per heavy atom. The van der Waals surface area contributed by atoms with Crippen LogP contribution in [-0.2, 0) is 9.59 Å². The summed E-state index contributed by atoms with van der Waals surface area (Å²) in [6, 6.07) is 3.72. The fraction of sp³-hybridized carbons (Fsp3) is 0.444. The van der Waals surface area contributed by atoms with Crippen molar-refractivity contribution in [1.82, 2.24) is 10.7 Å². The van der Waals surface area contributed by atoms with Gasteiger partial charge in [0, 0.05) is 11.6 Å². The van der Waals surface area contributed by atoms with Crippen molar-refractivity contribution >= 4 is 29.2 Å². The lowest BCUT2D eigenvalue weighted by atomic mass is 9.95. The molecule has 0 spiro atoms. The van der Waals surface area contributed by atoms with Gasteiger partial charge in [-0.1, -0.05) is 19.3 Å². The van der Waals surface area contributed by atoms with E-state index in [0.29, 0.717) is 5.56 Å². The van der Waals surface area contributed by atoms with E-state index >= 15 is 0 Å².